The maximum absolute atomic E-state index is 10.8. The van der Waals surface area contributed by atoms with Crippen molar-refractivity contribution in [2.75, 3.05) is 5.32 Å². The number of carbonyl (C=O) groups is 1. The molecule has 4 heteroatoms. The van der Waals surface area contributed by atoms with Crippen LogP contribution < -0.4 is 5.32 Å². The molecule has 1 aromatic carbocycles. The van der Waals surface area contributed by atoms with Gasteiger partial charge < -0.3 is 10.4 Å². The van der Waals surface area contributed by atoms with Crippen LogP contribution in [0.3, 0.4) is 0 Å². The Labute approximate surface area is 96.7 Å². The van der Waals surface area contributed by atoms with E-state index in [0.717, 1.165) is 9.26 Å². The fourth-order valence-corrected chi connectivity index (χ4v) is 1.80. The molecule has 0 aliphatic rings. The summed E-state index contributed by atoms with van der Waals surface area (Å²) in [5.74, 6) is -0.893. The molecular formula is C10H12INO2. The van der Waals surface area contributed by atoms with E-state index in [1.54, 1.807) is 12.1 Å². The monoisotopic (exact) mass is 305 g/mol. The van der Waals surface area contributed by atoms with Gasteiger partial charge in [0.15, 0.2) is 0 Å². The summed E-state index contributed by atoms with van der Waals surface area (Å²) in [6.45, 7) is 4.03. The highest BCUT2D eigenvalue weighted by molar-refractivity contribution is 14.1. The summed E-state index contributed by atoms with van der Waals surface area (Å²) in [6, 6.07) is 5.51. The lowest BCUT2D eigenvalue weighted by molar-refractivity contribution is 0.0697. The van der Waals surface area contributed by atoms with Gasteiger partial charge in [-0.2, -0.15) is 0 Å². The van der Waals surface area contributed by atoms with Crippen LogP contribution in [0.1, 0.15) is 24.2 Å². The van der Waals surface area contributed by atoms with Gasteiger partial charge in [0.1, 0.15) is 0 Å². The van der Waals surface area contributed by atoms with Crippen LogP contribution in [0.25, 0.3) is 0 Å². The lowest BCUT2D eigenvalue weighted by Gasteiger charge is -2.10. The Morgan fingerprint density at radius 1 is 1.43 bits per heavy atom. The predicted octanol–water partition coefficient (Wildman–Crippen LogP) is 2.81. The average molecular weight is 305 g/mol. The fraction of sp³-hybridized carbons (Fsp3) is 0.300. The molecule has 3 nitrogen and oxygen atoms in total. The molecule has 0 unspecified atom stereocenters. The van der Waals surface area contributed by atoms with Gasteiger partial charge in [0.2, 0.25) is 0 Å². The molecule has 0 saturated heterocycles. The number of hydrogen-bond donors (Lipinski definition) is 2. The molecule has 0 spiro atoms. The van der Waals surface area contributed by atoms with E-state index >= 15 is 0 Å². The SMILES string of the molecule is CC(C)Nc1cc(I)cc(C(=O)O)c1. The number of rotatable bonds is 3. The molecule has 0 amide bonds. The van der Waals surface area contributed by atoms with Gasteiger partial charge in [0.25, 0.3) is 0 Å². The molecule has 0 aromatic heterocycles. The first-order chi connectivity index (χ1) is 6.49. The normalized spacial score (nSPS) is 10.3. The maximum Gasteiger partial charge on any atom is 0.335 e. The van der Waals surface area contributed by atoms with E-state index in [0.29, 0.717) is 11.6 Å². The zero-order valence-corrected chi connectivity index (χ0v) is 10.2. The Kier molecular flexibility index (Phi) is 3.74. The second kappa shape index (κ2) is 4.63. The zero-order chi connectivity index (χ0) is 10.7. The molecule has 0 bridgehead atoms. The van der Waals surface area contributed by atoms with Crippen LogP contribution in [-0.2, 0) is 0 Å². The number of carboxylic acids is 1. The summed E-state index contributed by atoms with van der Waals surface area (Å²) < 4.78 is 0.922. The highest BCUT2D eigenvalue weighted by atomic mass is 127. The molecule has 76 valence electrons. The number of anilines is 1. The largest absolute Gasteiger partial charge is 0.478 e. The van der Waals surface area contributed by atoms with Crippen molar-refractivity contribution in [1.29, 1.82) is 0 Å². The lowest BCUT2D eigenvalue weighted by atomic mass is 10.2. The van der Waals surface area contributed by atoms with Crippen molar-refractivity contribution in [2.45, 2.75) is 19.9 Å². The Hall–Kier alpha value is -0.780. The van der Waals surface area contributed by atoms with Gasteiger partial charge in [-0.1, -0.05) is 0 Å². The summed E-state index contributed by atoms with van der Waals surface area (Å²) >= 11 is 2.11. The number of benzene rings is 1. The van der Waals surface area contributed by atoms with E-state index in [2.05, 4.69) is 27.9 Å². The minimum absolute atomic E-state index is 0.301. The van der Waals surface area contributed by atoms with Crippen molar-refractivity contribution in [2.24, 2.45) is 0 Å². The Morgan fingerprint density at radius 2 is 2.07 bits per heavy atom. The third-order valence-corrected chi connectivity index (χ3v) is 2.22. The van der Waals surface area contributed by atoms with E-state index in [-0.39, 0.29) is 0 Å². The van der Waals surface area contributed by atoms with Gasteiger partial charge in [-0.25, -0.2) is 4.79 Å². The highest BCUT2D eigenvalue weighted by Gasteiger charge is 2.06. The summed E-state index contributed by atoms with van der Waals surface area (Å²) in [5, 5.41) is 12.0. The number of carboxylic acid groups (broad SMARTS) is 1. The predicted molar refractivity (Wildman–Crippen MR) is 64.9 cm³/mol. The van der Waals surface area contributed by atoms with Gasteiger partial charge >= 0.3 is 5.97 Å². The third kappa shape index (κ3) is 3.17. The average Bonchev–Trinajstić information content (AvgIpc) is 2.01. The van der Waals surface area contributed by atoms with Gasteiger partial charge in [0.05, 0.1) is 5.56 Å². The number of halogens is 1. The van der Waals surface area contributed by atoms with Crippen molar-refractivity contribution < 1.29 is 9.90 Å². The van der Waals surface area contributed by atoms with Crippen molar-refractivity contribution >= 4 is 34.2 Å². The van der Waals surface area contributed by atoms with Gasteiger partial charge in [0, 0.05) is 15.3 Å². The van der Waals surface area contributed by atoms with Crippen LogP contribution in [0.15, 0.2) is 18.2 Å². The van der Waals surface area contributed by atoms with Gasteiger partial charge in [-0.15, -0.1) is 0 Å². The van der Waals surface area contributed by atoms with Crippen molar-refractivity contribution in [3.63, 3.8) is 0 Å². The minimum atomic E-state index is -0.893. The quantitative estimate of drug-likeness (QED) is 0.844. The standard InChI is InChI=1S/C10H12INO2/c1-6(2)12-9-4-7(10(13)14)3-8(11)5-9/h3-6,12H,1-2H3,(H,13,14). The number of nitrogens with one attached hydrogen (secondary N) is 1. The van der Waals surface area contributed by atoms with Crippen molar-refractivity contribution in [3.8, 4) is 0 Å². The van der Waals surface area contributed by atoms with Gasteiger partial charge in [-0.3, -0.25) is 0 Å². The Morgan fingerprint density at radius 3 is 2.57 bits per heavy atom. The second-order valence-electron chi connectivity index (χ2n) is 3.33. The molecule has 0 aliphatic carbocycles. The molecule has 0 saturated carbocycles. The molecule has 14 heavy (non-hydrogen) atoms. The first kappa shape index (κ1) is 11.3. The van der Waals surface area contributed by atoms with E-state index in [1.807, 2.05) is 19.9 Å². The fourth-order valence-electron chi connectivity index (χ4n) is 1.13. The van der Waals surface area contributed by atoms with E-state index in [4.69, 9.17) is 5.11 Å². The molecule has 0 atom stereocenters. The van der Waals surface area contributed by atoms with Crippen LogP contribution in [0, 0.1) is 3.57 Å². The minimum Gasteiger partial charge on any atom is -0.478 e. The van der Waals surface area contributed by atoms with E-state index in [1.165, 1.54) is 0 Å². The zero-order valence-electron chi connectivity index (χ0n) is 8.04. The topological polar surface area (TPSA) is 49.3 Å². The summed E-state index contributed by atoms with van der Waals surface area (Å²) in [4.78, 5) is 10.8. The van der Waals surface area contributed by atoms with Crippen LogP contribution in [0.5, 0.6) is 0 Å². The van der Waals surface area contributed by atoms with Crippen LogP contribution in [0.4, 0.5) is 5.69 Å². The highest BCUT2D eigenvalue weighted by Crippen LogP contribution is 2.17. The summed E-state index contributed by atoms with van der Waals surface area (Å²) in [7, 11) is 0. The van der Waals surface area contributed by atoms with Crippen LogP contribution in [-0.4, -0.2) is 17.1 Å². The Balaban J connectivity index is 3.01. The smallest absolute Gasteiger partial charge is 0.335 e. The lowest BCUT2D eigenvalue weighted by Crippen LogP contribution is -2.10. The molecular weight excluding hydrogens is 293 g/mol. The number of aromatic carboxylic acids is 1. The van der Waals surface area contributed by atoms with E-state index in [9.17, 15) is 4.79 Å². The van der Waals surface area contributed by atoms with Crippen molar-refractivity contribution in [1.82, 2.24) is 0 Å². The summed E-state index contributed by atoms with van der Waals surface area (Å²) in [6.07, 6.45) is 0. The molecule has 0 fully saturated rings. The number of hydrogen-bond acceptors (Lipinski definition) is 2. The maximum atomic E-state index is 10.8. The molecule has 0 radical (unpaired) electrons. The Bertz CT molecular complexity index is 350. The van der Waals surface area contributed by atoms with E-state index < -0.39 is 5.97 Å². The van der Waals surface area contributed by atoms with Crippen LogP contribution >= 0.6 is 22.6 Å². The summed E-state index contributed by atoms with van der Waals surface area (Å²) in [5.41, 5.74) is 1.17. The molecule has 1 aromatic rings. The third-order valence-electron chi connectivity index (χ3n) is 1.60. The molecule has 0 heterocycles. The first-order valence-corrected chi connectivity index (χ1v) is 5.37. The molecule has 0 aliphatic heterocycles. The first-order valence-electron chi connectivity index (χ1n) is 4.29. The van der Waals surface area contributed by atoms with Gasteiger partial charge in [-0.05, 0) is 54.6 Å². The molecule has 1 rings (SSSR count). The van der Waals surface area contributed by atoms with Crippen LogP contribution in [0.2, 0.25) is 0 Å². The molecule has 2 N–H and O–H groups in total. The van der Waals surface area contributed by atoms with Crippen molar-refractivity contribution in [3.05, 3.63) is 27.3 Å². The second-order valence-corrected chi connectivity index (χ2v) is 4.58.